The molecule has 1 N–H and O–H groups in total. The average molecular weight is 289 g/mol. The van der Waals surface area contributed by atoms with Gasteiger partial charge in [0.2, 0.25) is 0 Å². The first-order chi connectivity index (χ1) is 7.00. The molecule has 1 amide bonds. The SMILES string of the molecule is CC1(NC(=O)c2ccc(Cl)cc2Br)CC1. The molecule has 0 heterocycles. The Morgan fingerprint density at radius 3 is 2.73 bits per heavy atom. The van der Waals surface area contributed by atoms with Gasteiger partial charge in [-0.3, -0.25) is 4.79 Å². The van der Waals surface area contributed by atoms with Gasteiger partial charge in [0, 0.05) is 15.0 Å². The van der Waals surface area contributed by atoms with Gasteiger partial charge in [0.15, 0.2) is 0 Å². The molecule has 0 bridgehead atoms. The molecule has 0 atom stereocenters. The lowest BCUT2D eigenvalue weighted by Gasteiger charge is -2.12. The van der Waals surface area contributed by atoms with Gasteiger partial charge in [-0.25, -0.2) is 0 Å². The Morgan fingerprint density at radius 1 is 1.53 bits per heavy atom. The zero-order chi connectivity index (χ0) is 11.1. The summed E-state index contributed by atoms with van der Waals surface area (Å²) in [5.74, 6) is -0.0430. The van der Waals surface area contributed by atoms with E-state index in [1.54, 1.807) is 18.2 Å². The van der Waals surface area contributed by atoms with Gasteiger partial charge in [-0.2, -0.15) is 0 Å². The Balaban J connectivity index is 2.18. The van der Waals surface area contributed by atoms with E-state index in [0.29, 0.717) is 10.6 Å². The molecule has 0 radical (unpaired) electrons. The Kier molecular flexibility index (Phi) is 2.77. The van der Waals surface area contributed by atoms with Crippen molar-refractivity contribution in [2.75, 3.05) is 0 Å². The monoisotopic (exact) mass is 287 g/mol. The van der Waals surface area contributed by atoms with Crippen molar-refractivity contribution in [3.63, 3.8) is 0 Å². The lowest BCUT2D eigenvalue weighted by Crippen LogP contribution is -2.34. The molecule has 4 heteroatoms. The summed E-state index contributed by atoms with van der Waals surface area (Å²) >= 11 is 9.14. The molecule has 1 aromatic rings. The normalized spacial score (nSPS) is 17.3. The van der Waals surface area contributed by atoms with Crippen LogP contribution in [0.4, 0.5) is 0 Å². The van der Waals surface area contributed by atoms with Gasteiger partial charge in [-0.05, 0) is 53.9 Å². The number of hydrogen-bond donors (Lipinski definition) is 1. The average Bonchev–Trinajstić information content (AvgIpc) is 2.82. The lowest BCUT2D eigenvalue weighted by molar-refractivity contribution is 0.0934. The minimum Gasteiger partial charge on any atom is -0.347 e. The topological polar surface area (TPSA) is 29.1 Å². The highest BCUT2D eigenvalue weighted by Gasteiger charge is 2.38. The van der Waals surface area contributed by atoms with Crippen molar-refractivity contribution in [3.05, 3.63) is 33.3 Å². The first-order valence-electron chi connectivity index (χ1n) is 4.78. The minimum absolute atomic E-state index is 0.0101. The van der Waals surface area contributed by atoms with Crippen LogP contribution in [0.3, 0.4) is 0 Å². The Bertz CT molecular complexity index is 415. The van der Waals surface area contributed by atoms with Gasteiger partial charge < -0.3 is 5.32 Å². The maximum absolute atomic E-state index is 11.8. The lowest BCUT2D eigenvalue weighted by atomic mass is 10.2. The number of hydrogen-bond acceptors (Lipinski definition) is 1. The minimum atomic E-state index is -0.0430. The second kappa shape index (κ2) is 3.80. The summed E-state index contributed by atoms with van der Waals surface area (Å²) in [5.41, 5.74) is 0.642. The number of halogens is 2. The van der Waals surface area contributed by atoms with Gasteiger partial charge in [0.25, 0.3) is 5.91 Å². The van der Waals surface area contributed by atoms with Crippen LogP contribution in [0.25, 0.3) is 0 Å². The molecule has 0 spiro atoms. The van der Waals surface area contributed by atoms with Crippen molar-refractivity contribution in [2.45, 2.75) is 25.3 Å². The van der Waals surface area contributed by atoms with Crippen molar-refractivity contribution in [3.8, 4) is 0 Å². The van der Waals surface area contributed by atoms with Gasteiger partial charge in [0.1, 0.15) is 0 Å². The fraction of sp³-hybridized carbons (Fsp3) is 0.364. The predicted octanol–water partition coefficient (Wildman–Crippen LogP) is 3.38. The fourth-order valence-electron chi connectivity index (χ4n) is 1.33. The maximum atomic E-state index is 11.8. The molecule has 1 aliphatic rings. The molecular weight excluding hydrogens is 277 g/mol. The molecule has 0 aliphatic heterocycles. The number of amides is 1. The van der Waals surface area contributed by atoms with E-state index in [0.717, 1.165) is 17.3 Å². The van der Waals surface area contributed by atoms with Gasteiger partial charge in [-0.1, -0.05) is 11.6 Å². The molecule has 0 unspecified atom stereocenters. The number of carbonyl (C=O) groups excluding carboxylic acids is 1. The van der Waals surface area contributed by atoms with E-state index in [1.807, 2.05) is 0 Å². The van der Waals surface area contributed by atoms with E-state index < -0.39 is 0 Å². The summed E-state index contributed by atoms with van der Waals surface area (Å²) in [7, 11) is 0. The fourth-order valence-corrected chi connectivity index (χ4v) is 2.19. The number of benzene rings is 1. The standard InChI is InChI=1S/C11H11BrClNO/c1-11(4-5-11)14-10(15)8-3-2-7(13)6-9(8)12/h2-3,6H,4-5H2,1H3,(H,14,15). The summed E-state index contributed by atoms with van der Waals surface area (Å²) in [6.07, 6.45) is 2.12. The molecule has 2 nitrogen and oxygen atoms in total. The van der Waals surface area contributed by atoms with Crippen LogP contribution in [0.5, 0.6) is 0 Å². The summed E-state index contributed by atoms with van der Waals surface area (Å²) in [6.45, 7) is 2.05. The first-order valence-corrected chi connectivity index (χ1v) is 5.95. The van der Waals surface area contributed by atoms with Crippen molar-refractivity contribution in [1.29, 1.82) is 0 Å². The molecule has 0 aromatic heterocycles. The van der Waals surface area contributed by atoms with Crippen molar-refractivity contribution < 1.29 is 4.79 Å². The predicted molar refractivity (Wildman–Crippen MR) is 64.3 cm³/mol. The molecule has 1 aliphatic carbocycles. The first kappa shape index (κ1) is 11.0. The molecule has 1 aromatic carbocycles. The highest BCUT2D eigenvalue weighted by molar-refractivity contribution is 9.10. The maximum Gasteiger partial charge on any atom is 0.252 e. The molecule has 2 rings (SSSR count). The van der Waals surface area contributed by atoms with E-state index in [2.05, 4.69) is 28.2 Å². The second-order valence-electron chi connectivity index (χ2n) is 4.14. The molecule has 80 valence electrons. The third-order valence-corrected chi connectivity index (χ3v) is 3.48. The Morgan fingerprint density at radius 2 is 2.20 bits per heavy atom. The van der Waals surface area contributed by atoms with Crippen LogP contribution in [0.2, 0.25) is 5.02 Å². The van der Waals surface area contributed by atoms with Crippen molar-refractivity contribution in [2.24, 2.45) is 0 Å². The van der Waals surface area contributed by atoms with Crippen LogP contribution in [0, 0.1) is 0 Å². The van der Waals surface area contributed by atoms with Crippen LogP contribution in [0.15, 0.2) is 22.7 Å². The van der Waals surface area contributed by atoms with Crippen LogP contribution in [-0.2, 0) is 0 Å². The zero-order valence-electron chi connectivity index (χ0n) is 8.31. The second-order valence-corrected chi connectivity index (χ2v) is 5.43. The van der Waals surface area contributed by atoms with Gasteiger partial charge in [0.05, 0.1) is 5.56 Å². The van der Waals surface area contributed by atoms with E-state index in [4.69, 9.17) is 11.6 Å². The van der Waals surface area contributed by atoms with Crippen LogP contribution >= 0.6 is 27.5 Å². The smallest absolute Gasteiger partial charge is 0.252 e. The van der Waals surface area contributed by atoms with E-state index in [1.165, 1.54) is 0 Å². The highest BCUT2D eigenvalue weighted by atomic mass is 79.9. The molecule has 1 fully saturated rings. The summed E-state index contributed by atoms with van der Waals surface area (Å²) in [5, 5.41) is 3.62. The van der Waals surface area contributed by atoms with E-state index in [9.17, 15) is 4.79 Å². The summed E-state index contributed by atoms with van der Waals surface area (Å²) in [6, 6.07) is 5.18. The molecule has 0 saturated heterocycles. The Labute approximate surface area is 102 Å². The molecular formula is C11H11BrClNO. The van der Waals surface area contributed by atoms with Crippen LogP contribution in [0.1, 0.15) is 30.1 Å². The van der Waals surface area contributed by atoms with E-state index >= 15 is 0 Å². The van der Waals surface area contributed by atoms with Gasteiger partial charge in [-0.15, -0.1) is 0 Å². The molecule has 1 saturated carbocycles. The number of nitrogens with one attached hydrogen (secondary N) is 1. The largest absolute Gasteiger partial charge is 0.347 e. The quantitative estimate of drug-likeness (QED) is 0.888. The van der Waals surface area contributed by atoms with Crippen LogP contribution < -0.4 is 5.32 Å². The molecule has 15 heavy (non-hydrogen) atoms. The van der Waals surface area contributed by atoms with Crippen molar-refractivity contribution >= 4 is 33.4 Å². The Hall–Kier alpha value is -0.540. The third-order valence-electron chi connectivity index (χ3n) is 2.59. The number of carbonyl (C=O) groups is 1. The number of rotatable bonds is 2. The van der Waals surface area contributed by atoms with E-state index in [-0.39, 0.29) is 11.4 Å². The summed E-state index contributed by atoms with van der Waals surface area (Å²) in [4.78, 5) is 11.8. The third kappa shape index (κ3) is 2.52. The van der Waals surface area contributed by atoms with Crippen molar-refractivity contribution in [1.82, 2.24) is 5.32 Å². The highest BCUT2D eigenvalue weighted by Crippen LogP contribution is 2.35. The van der Waals surface area contributed by atoms with Gasteiger partial charge >= 0.3 is 0 Å². The zero-order valence-corrected chi connectivity index (χ0v) is 10.7. The van der Waals surface area contributed by atoms with Crippen LogP contribution in [-0.4, -0.2) is 11.4 Å². The summed E-state index contributed by atoms with van der Waals surface area (Å²) < 4.78 is 0.733.